The summed E-state index contributed by atoms with van der Waals surface area (Å²) in [5.74, 6) is -0.462. The number of aromatic nitrogens is 3. The van der Waals surface area contributed by atoms with Crippen LogP contribution in [0.5, 0.6) is 0 Å². The lowest BCUT2D eigenvalue weighted by molar-refractivity contribution is -0.104. The van der Waals surface area contributed by atoms with E-state index in [0.717, 1.165) is 0 Å². The Kier molecular flexibility index (Phi) is 4.62. The van der Waals surface area contributed by atoms with Crippen molar-refractivity contribution in [2.24, 2.45) is 0 Å². The number of H-pyrrole nitrogens is 2. The summed E-state index contributed by atoms with van der Waals surface area (Å²) in [6.45, 7) is 3.82. The number of nitrogens with one attached hydrogen (secondary N) is 2. The topological polar surface area (TPSA) is 95.7 Å². The quantitative estimate of drug-likeness (QED) is 0.557. The molecular formula is C19H16FN3O3. The summed E-state index contributed by atoms with van der Waals surface area (Å²) in [5.41, 5.74) is 1.11. The van der Waals surface area contributed by atoms with Gasteiger partial charge in [-0.2, -0.15) is 0 Å². The third-order valence-corrected chi connectivity index (χ3v) is 3.97. The third kappa shape index (κ3) is 3.11. The lowest BCUT2D eigenvalue weighted by Gasteiger charge is -2.16. The second-order valence-corrected chi connectivity index (χ2v) is 6.07. The number of benzene rings is 1. The summed E-state index contributed by atoms with van der Waals surface area (Å²) in [5, 5.41) is 0.172. The van der Waals surface area contributed by atoms with Crippen LogP contribution in [0.15, 0.2) is 39.9 Å². The molecule has 132 valence electrons. The normalized spacial score (nSPS) is 11.5. The van der Waals surface area contributed by atoms with Gasteiger partial charge in [-0.15, -0.1) is 0 Å². The number of nitrogens with zero attached hydrogens (tertiary/aromatic N) is 1. The van der Waals surface area contributed by atoms with Crippen LogP contribution in [0.3, 0.4) is 0 Å². The van der Waals surface area contributed by atoms with Crippen LogP contribution in [0, 0.1) is 5.82 Å². The fourth-order valence-corrected chi connectivity index (χ4v) is 2.89. The molecule has 1 aromatic carbocycles. The zero-order valence-electron chi connectivity index (χ0n) is 14.2. The van der Waals surface area contributed by atoms with Crippen LogP contribution >= 0.6 is 0 Å². The summed E-state index contributed by atoms with van der Waals surface area (Å²) < 4.78 is 13.4. The molecule has 0 saturated heterocycles. The van der Waals surface area contributed by atoms with E-state index in [9.17, 15) is 18.8 Å². The highest BCUT2D eigenvalue weighted by Gasteiger charge is 2.20. The van der Waals surface area contributed by atoms with Crippen LogP contribution in [0.4, 0.5) is 4.39 Å². The van der Waals surface area contributed by atoms with E-state index in [1.54, 1.807) is 6.08 Å². The van der Waals surface area contributed by atoms with Gasteiger partial charge in [0.15, 0.2) is 0 Å². The minimum Gasteiger partial charge on any atom is -0.299 e. The first-order valence-corrected chi connectivity index (χ1v) is 8.00. The second-order valence-electron chi connectivity index (χ2n) is 6.07. The van der Waals surface area contributed by atoms with Gasteiger partial charge in [-0.3, -0.25) is 19.6 Å². The maximum atomic E-state index is 13.4. The Morgan fingerprint density at radius 2 is 1.81 bits per heavy atom. The van der Waals surface area contributed by atoms with Crippen molar-refractivity contribution in [3.05, 3.63) is 68.3 Å². The Hall–Kier alpha value is -3.35. The molecule has 0 bridgehead atoms. The molecule has 3 aromatic rings. The maximum absolute atomic E-state index is 13.4. The van der Waals surface area contributed by atoms with E-state index in [1.165, 1.54) is 30.3 Å². The highest BCUT2D eigenvalue weighted by atomic mass is 19.1. The van der Waals surface area contributed by atoms with Gasteiger partial charge in [0, 0.05) is 11.1 Å². The molecule has 0 aliphatic heterocycles. The smallest absolute Gasteiger partial charge is 0.299 e. The lowest BCUT2D eigenvalue weighted by atomic mass is 9.92. The van der Waals surface area contributed by atoms with Crippen molar-refractivity contribution in [1.29, 1.82) is 0 Å². The molecule has 0 saturated carbocycles. The predicted octanol–water partition coefficient (Wildman–Crippen LogP) is 2.75. The van der Waals surface area contributed by atoms with Gasteiger partial charge in [0.1, 0.15) is 17.8 Å². The van der Waals surface area contributed by atoms with E-state index in [2.05, 4.69) is 15.0 Å². The molecule has 0 aliphatic rings. The highest BCUT2D eigenvalue weighted by Crippen LogP contribution is 2.34. The van der Waals surface area contributed by atoms with Gasteiger partial charge in [-0.05, 0) is 35.8 Å². The fraction of sp³-hybridized carbons (Fsp3) is 0.158. The molecule has 0 unspecified atom stereocenters. The third-order valence-electron chi connectivity index (χ3n) is 3.97. The standard InChI is InChI=1S/C19H16FN3O3/c1-10(2)16-13(4-3-9-24)14(11-5-7-12(20)8-6-11)15-17(21-16)22-19(26)23-18(15)25/h3-10H,1-2H3,(H2,21,22,23,25,26)/b4-3+. The first-order chi connectivity index (χ1) is 12.4. The van der Waals surface area contributed by atoms with E-state index < -0.39 is 17.1 Å². The monoisotopic (exact) mass is 353 g/mol. The van der Waals surface area contributed by atoms with E-state index in [-0.39, 0.29) is 17.0 Å². The van der Waals surface area contributed by atoms with Crippen molar-refractivity contribution in [3.8, 4) is 11.1 Å². The zero-order valence-corrected chi connectivity index (χ0v) is 14.2. The van der Waals surface area contributed by atoms with Crippen LogP contribution < -0.4 is 11.2 Å². The Morgan fingerprint density at radius 1 is 1.12 bits per heavy atom. The van der Waals surface area contributed by atoms with Crippen molar-refractivity contribution in [1.82, 2.24) is 15.0 Å². The summed E-state index contributed by atoms with van der Waals surface area (Å²) in [6, 6.07) is 5.64. The molecule has 0 amide bonds. The van der Waals surface area contributed by atoms with Crippen LogP contribution in [-0.2, 0) is 4.79 Å². The molecule has 2 N–H and O–H groups in total. The molecule has 0 aliphatic carbocycles. The number of fused-ring (bicyclic) bond motifs is 1. The molecule has 2 heterocycles. The molecule has 2 aromatic heterocycles. The number of allylic oxidation sites excluding steroid dienone is 1. The number of carbonyl (C=O) groups excluding carboxylic acids is 1. The summed E-state index contributed by atoms with van der Waals surface area (Å²) >= 11 is 0. The molecule has 26 heavy (non-hydrogen) atoms. The predicted molar refractivity (Wildman–Crippen MR) is 97.6 cm³/mol. The molecule has 0 radical (unpaired) electrons. The van der Waals surface area contributed by atoms with Crippen LogP contribution in [0.25, 0.3) is 28.2 Å². The average molecular weight is 353 g/mol. The van der Waals surface area contributed by atoms with Gasteiger partial charge < -0.3 is 0 Å². The van der Waals surface area contributed by atoms with Crippen LogP contribution in [0.2, 0.25) is 0 Å². The van der Waals surface area contributed by atoms with Gasteiger partial charge in [-0.1, -0.05) is 26.0 Å². The van der Waals surface area contributed by atoms with Crippen LogP contribution in [-0.4, -0.2) is 21.2 Å². The van der Waals surface area contributed by atoms with Crippen molar-refractivity contribution >= 4 is 23.4 Å². The zero-order chi connectivity index (χ0) is 18.8. The second kappa shape index (κ2) is 6.87. The minimum atomic E-state index is -0.661. The van der Waals surface area contributed by atoms with Gasteiger partial charge >= 0.3 is 5.69 Å². The van der Waals surface area contributed by atoms with Gasteiger partial charge in [0.05, 0.1) is 11.1 Å². The Labute approximate surface area is 147 Å². The number of aromatic amines is 2. The number of hydrogen-bond acceptors (Lipinski definition) is 4. The Balaban J connectivity index is 2.56. The van der Waals surface area contributed by atoms with E-state index in [0.29, 0.717) is 28.7 Å². The average Bonchev–Trinajstić information content (AvgIpc) is 2.59. The van der Waals surface area contributed by atoms with E-state index in [4.69, 9.17) is 0 Å². The molecular weight excluding hydrogens is 337 g/mol. The van der Waals surface area contributed by atoms with Gasteiger partial charge in [0.2, 0.25) is 0 Å². The molecule has 6 nitrogen and oxygen atoms in total. The Bertz CT molecular complexity index is 1130. The first kappa shape index (κ1) is 17.5. The SMILES string of the molecule is CC(C)c1nc2[nH]c(=O)[nH]c(=O)c2c(-c2ccc(F)cc2)c1/C=C/C=O. The number of carbonyl (C=O) groups is 1. The minimum absolute atomic E-state index is 0.0484. The molecule has 7 heteroatoms. The molecule has 0 atom stereocenters. The van der Waals surface area contributed by atoms with Crippen molar-refractivity contribution in [2.75, 3.05) is 0 Å². The fourth-order valence-electron chi connectivity index (χ4n) is 2.89. The Morgan fingerprint density at radius 3 is 2.42 bits per heavy atom. The maximum Gasteiger partial charge on any atom is 0.327 e. The van der Waals surface area contributed by atoms with Crippen LogP contribution in [0.1, 0.15) is 31.0 Å². The summed E-state index contributed by atoms with van der Waals surface area (Å²) in [4.78, 5) is 44.2. The number of pyridine rings is 1. The largest absolute Gasteiger partial charge is 0.327 e. The summed E-state index contributed by atoms with van der Waals surface area (Å²) in [6.07, 6.45) is 3.50. The summed E-state index contributed by atoms with van der Waals surface area (Å²) in [7, 11) is 0. The number of hydrogen-bond donors (Lipinski definition) is 2. The lowest BCUT2D eigenvalue weighted by Crippen LogP contribution is -2.24. The highest BCUT2D eigenvalue weighted by molar-refractivity contribution is 5.98. The molecule has 0 fully saturated rings. The first-order valence-electron chi connectivity index (χ1n) is 8.00. The molecule has 0 spiro atoms. The van der Waals surface area contributed by atoms with E-state index >= 15 is 0 Å². The van der Waals surface area contributed by atoms with E-state index in [1.807, 2.05) is 13.8 Å². The van der Waals surface area contributed by atoms with Crippen molar-refractivity contribution < 1.29 is 9.18 Å². The number of rotatable bonds is 4. The number of halogens is 1. The van der Waals surface area contributed by atoms with Gasteiger partial charge in [0.25, 0.3) is 5.56 Å². The molecule has 3 rings (SSSR count). The van der Waals surface area contributed by atoms with Gasteiger partial charge in [-0.25, -0.2) is 14.2 Å². The number of aldehydes is 1. The van der Waals surface area contributed by atoms with Crippen molar-refractivity contribution in [3.63, 3.8) is 0 Å². The van der Waals surface area contributed by atoms with Crippen molar-refractivity contribution in [2.45, 2.75) is 19.8 Å².